The van der Waals surface area contributed by atoms with Crippen molar-refractivity contribution >= 4 is 11.8 Å². The van der Waals surface area contributed by atoms with E-state index in [1.807, 2.05) is 0 Å². The highest BCUT2D eigenvalue weighted by atomic mass is 16.5. The molecule has 0 aromatic carbocycles. The maximum absolute atomic E-state index is 11.7. The average molecular weight is 260 g/mol. The average Bonchev–Trinajstić information content (AvgIpc) is 2.93. The Morgan fingerprint density at radius 2 is 2.32 bits per heavy atom. The topological polar surface area (TPSA) is 79.9 Å². The van der Waals surface area contributed by atoms with Crippen LogP contribution in [-0.2, 0) is 11.2 Å². The lowest BCUT2D eigenvalue weighted by atomic mass is 10.2. The van der Waals surface area contributed by atoms with Gasteiger partial charge in [0.25, 0.3) is 0 Å². The highest BCUT2D eigenvalue weighted by molar-refractivity contribution is 5.94. The summed E-state index contributed by atoms with van der Waals surface area (Å²) in [5, 5.41) is 3.12. The van der Waals surface area contributed by atoms with Crippen LogP contribution in [0.25, 0.3) is 0 Å². The van der Waals surface area contributed by atoms with Gasteiger partial charge in [-0.05, 0) is 19.1 Å². The SMILES string of the molecule is CCOC(=O)c1cccnc1NCCc1ncc[nH]1. The number of imidazole rings is 1. The summed E-state index contributed by atoms with van der Waals surface area (Å²) in [5.74, 6) is 1.06. The molecule has 2 rings (SSSR count). The van der Waals surface area contributed by atoms with Crippen LogP contribution in [-0.4, -0.2) is 34.1 Å². The molecule has 0 radical (unpaired) electrons. The molecule has 0 aliphatic heterocycles. The summed E-state index contributed by atoms with van der Waals surface area (Å²) in [7, 11) is 0. The van der Waals surface area contributed by atoms with E-state index in [1.165, 1.54) is 0 Å². The number of esters is 1. The van der Waals surface area contributed by atoms with Crippen LogP contribution in [0.15, 0.2) is 30.7 Å². The zero-order valence-electron chi connectivity index (χ0n) is 10.7. The standard InChI is InChI=1S/C13H16N4O2/c1-2-19-13(18)10-4-3-6-16-12(10)17-7-5-11-14-8-9-15-11/h3-4,6,8-9H,2,5,7H2,1H3,(H,14,15)(H,16,17). The van der Waals surface area contributed by atoms with Crippen molar-refractivity contribution < 1.29 is 9.53 Å². The second-order valence-corrected chi connectivity index (χ2v) is 3.83. The number of hydrogen-bond donors (Lipinski definition) is 2. The lowest BCUT2D eigenvalue weighted by Gasteiger charge is -2.09. The number of rotatable bonds is 6. The number of carbonyl (C=O) groups excluding carboxylic acids is 1. The summed E-state index contributed by atoms with van der Waals surface area (Å²) < 4.78 is 4.98. The summed E-state index contributed by atoms with van der Waals surface area (Å²) in [6.45, 7) is 2.76. The van der Waals surface area contributed by atoms with Gasteiger partial charge in [-0.2, -0.15) is 0 Å². The lowest BCUT2D eigenvalue weighted by Crippen LogP contribution is -2.13. The molecule has 100 valence electrons. The Labute approximate surface area is 111 Å². The van der Waals surface area contributed by atoms with Crippen molar-refractivity contribution in [1.29, 1.82) is 0 Å². The number of ether oxygens (including phenoxy) is 1. The van der Waals surface area contributed by atoms with Gasteiger partial charge in [0.2, 0.25) is 0 Å². The van der Waals surface area contributed by atoms with E-state index in [1.54, 1.807) is 37.6 Å². The fraction of sp³-hybridized carbons (Fsp3) is 0.308. The van der Waals surface area contributed by atoms with Crippen molar-refractivity contribution in [3.05, 3.63) is 42.1 Å². The van der Waals surface area contributed by atoms with Gasteiger partial charge in [0.05, 0.1) is 6.61 Å². The van der Waals surface area contributed by atoms with Gasteiger partial charge in [0, 0.05) is 31.6 Å². The summed E-state index contributed by atoms with van der Waals surface area (Å²) in [6.07, 6.45) is 5.85. The van der Waals surface area contributed by atoms with E-state index in [9.17, 15) is 4.79 Å². The Kier molecular flexibility index (Phi) is 4.49. The molecule has 0 spiro atoms. The first-order chi connectivity index (χ1) is 9.31. The van der Waals surface area contributed by atoms with E-state index in [4.69, 9.17) is 4.74 Å². The monoisotopic (exact) mass is 260 g/mol. The first-order valence-corrected chi connectivity index (χ1v) is 6.15. The third-order valence-electron chi connectivity index (χ3n) is 2.51. The van der Waals surface area contributed by atoms with E-state index < -0.39 is 0 Å². The van der Waals surface area contributed by atoms with Gasteiger partial charge in [0.1, 0.15) is 17.2 Å². The largest absolute Gasteiger partial charge is 0.462 e. The minimum absolute atomic E-state index is 0.347. The highest BCUT2D eigenvalue weighted by Crippen LogP contribution is 2.12. The quantitative estimate of drug-likeness (QED) is 0.772. The van der Waals surface area contributed by atoms with Crippen LogP contribution < -0.4 is 5.32 Å². The fourth-order valence-corrected chi connectivity index (χ4v) is 1.65. The van der Waals surface area contributed by atoms with Gasteiger partial charge < -0.3 is 15.0 Å². The summed E-state index contributed by atoms with van der Waals surface area (Å²) >= 11 is 0. The molecule has 2 aromatic rings. The number of aromatic amines is 1. The van der Waals surface area contributed by atoms with Crippen molar-refractivity contribution in [2.75, 3.05) is 18.5 Å². The number of aromatic nitrogens is 3. The maximum atomic E-state index is 11.7. The van der Waals surface area contributed by atoms with Crippen molar-refractivity contribution in [3.8, 4) is 0 Å². The number of nitrogens with zero attached hydrogens (tertiary/aromatic N) is 2. The first-order valence-electron chi connectivity index (χ1n) is 6.15. The van der Waals surface area contributed by atoms with E-state index in [0.717, 1.165) is 12.2 Å². The van der Waals surface area contributed by atoms with Gasteiger partial charge in [-0.1, -0.05) is 0 Å². The molecular weight excluding hydrogens is 244 g/mol. The first kappa shape index (κ1) is 13.1. The Balaban J connectivity index is 1.97. The minimum Gasteiger partial charge on any atom is -0.462 e. The van der Waals surface area contributed by atoms with Gasteiger partial charge in [-0.15, -0.1) is 0 Å². The van der Waals surface area contributed by atoms with Crippen molar-refractivity contribution in [2.45, 2.75) is 13.3 Å². The second-order valence-electron chi connectivity index (χ2n) is 3.83. The molecular formula is C13H16N4O2. The molecule has 6 nitrogen and oxygen atoms in total. The van der Waals surface area contributed by atoms with E-state index in [2.05, 4.69) is 20.3 Å². The van der Waals surface area contributed by atoms with Gasteiger partial charge in [-0.3, -0.25) is 0 Å². The van der Waals surface area contributed by atoms with Crippen LogP contribution in [0.1, 0.15) is 23.1 Å². The number of carbonyl (C=O) groups is 1. The predicted molar refractivity (Wildman–Crippen MR) is 71.0 cm³/mol. The van der Waals surface area contributed by atoms with Gasteiger partial charge in [-0.25, -0.2) is 14.8 Å². The molecule has 0 aliphatic rings. The van der Waals surface area contributed by atoms with E-state index >= 15 is 0 Å². The van der Waals surface area contributed by atoms with Gasteiger partial charge >= 0.3 is 5.97 Å². The van der Waals surface area contributed by atoms with Crippen LogP contribution in [0.2, 0.25) is 0 Å². The van der Waals surface area contributed by atoms with Crippen molar-refractivity contribution in [3.63, 3.8) is 0 Å². The van der Waals surface area contributed by atoms with Crippen LogP contribution >= 0.6 is 0 Å². The zero-order valence-corrected chi connectivity index (χ0v) is 10.7. The molecule has 6 heteroatoms. The fourth-order valence-electron chi connectivity index (χ4n) is 1.65. The number of nitrogens with one attached hydrogen (secondary N) is 2. The molecule has 2 aromatic heterocycles. The summed E-state index contributed by atoms with van der Waals surface area (Å²) in [5.41, 5.74) is 0.448. The number of H-pyrrole nitrogens is 1. The molecule has 2 heterocycles. The molecule has 0 unspecified atom stereocenters. The molecule has 2 N–H and O–H groups in total. The molecule has 0 fully saturated rings. The predicted octanol–water partition coefficient (Wildman–Crippen LogP) is 1.64. The zero-order chi connectivity index (χ0) is 13.5. The van der Waals surface area contributed by atoms with Crippen LogP contribution in [0, 0.1) is 0 Å². The summed E-state index contributed by atoms with van der Waals surface area (Å²) in [6, 6.07) is 3.41. The van der Waals surface area contributed by atoms with Crippen LogP contribution in [0.5, 0.6) is 0 Å². The van der Waals surface area contributed by atoms with Crippen LogP contribution in [0.3, 0.4) is 0 Å². The number of hydrogen-bond acceptors (Lipinski definition) is 5. The Bertz CT molecular complexity index is 525. The third-order valence-corrected chi connectivity index (χ3v) is 2.51. The molecule has 0 saturated carbocycles. The highest BCUT2D eigenvalue weighted by Gasteiger charge is 2.12. The number of anilines is 1. The normalized spacial score (nSPS) is 10.2. The Morgan fingerprint density at radius 3 is 3.05 bits per heavy atom. The molecule has 0 atom stereocenters. The van der Waals surface area contributed by atoms with Crippen molar-refractivity contribution in [2.24, 2.45) is 0 Å². The third kappa shape index (κ3) is 3.54. The van der Waals surface area contributed by atoms with E-state index in [-0.39, 0.29) is 5.97 Å². The van der Waals surface area contributed by atoms with E-state index in [0.29, 0.717) is 24.5 Å². The lowest BCUT2D eigenvalue weighted by molar-refractivity contribution is 0.0527. The molecule has 0 bridgehead atoms. The number of pyridine rings is 1. The summed E-state index contributed by atoms with van der Waals surface area (Å²) in [4.78, 5) is 23.0. The van der Waals surface area contributed by atoms with Crippen molar-refractivity contribution in [1.82, 2.24) is 15.0 Å². The van der Waals surface area contributed by atoms with Crippen LogP contribution in [0.4, 0.5) is 5.82 Å². The molecule has 19 heavy (non-hydrogen) atoms. The minimum atomic E-state index is -0.365. The van der Waals surface area contributed by atoms with Gasteiger partial charge in [0.15, 0.2) is 0 Å². The maximum Gasteiger partial charge on any atom is 0.341 e. The smallest absolute Gasteiger partial charge is 0.341 e. The second kappa shape index (κ2) is 6.53. The molecule has 0 amide bonds. The molecule has 0 aliphatic carbocycles. The molecule has 0 saturated heterocycles. The Morgan fingerprint density at radius 1 is 1.42 bits per heavy atom. The Hall–Kier alpha value is -2.37.